The molecule has 0 aliphatic rings. The number of carbonyl (C=O) groups is 1. The van der Waals surface area contributed by atoms with E-state index in [-0.39, 0.29) is 6.03 Å². The van der Waals surface area contributed by atoms with Gasteiger partial charge in [-0.2, -0.15) is 0 Å². The maximum atomic E-state index is 11.6. The molecule has 0 radical (unpaired) electrons. The third-order valence-corrected chi connectivity index (χ3v) is 3.79. The van der Waals surface area contributed by atoms with Crippen molar-refractivity contribution < 1.29 is 4.79 Å². The molecule has 1 aromatic heterocycles. The fourth-order valence-electron chi connectivity index (χ4n) is 1.61. The molecule has 0 fully saturated rings. The minimum Gasteiger partial charge on any atom is -0.338 e. The van der Waals surface area contributed by atoms with Crippen LogP contribution in [0, 0.1) is 6.92 Å². The fourth-order valence-corrected chi connectivity index (χ4v) is 2.46. The molecule has 5 nitrogen and oxygen atoms in total. The van der Waals surface area contributed by atoms with Gasteiger partial charge in [0.25, 0.3) is 0 Å². The van der Waals surface area contributed by atoms with E-state index in [4.69, 9.17) is 0 Å². The van der Waals surface area contributed by atoms with Crippen molar-refractivity contribution >= 4 is 23.7 Å². The molecule has 0 bridgehead atoms. The number of hydrogen-bond acceptors (Lipinski definition) is 4. The highest BCUT2D eigenvalue weighted by Crippen LogP contribution is 2.18. The Morgan fingerprint density at radius 3 is 2.62 bits per heavy atom. The molecule has 0 unspecified atom stereocenters. The van der Waals surface area contributed by atoms with Crippen LogP contribution < -0.4 is 10.6 Å². The van der Waals surface area contributed by atoms with E-state index < -0.39 is 0 Å². The largest absolute Gasteiger partial charge is 0.338 e. The lowest BCUT2D eigenvalue weighted by Crippen LogP contribution is -2.30. The van der Waals surface area contributed by atoms with Gasteiger partial charge in [0, 0.05) is 23.8 Å². The van der Waals surface area contributed by atoms with Crippen LogP contribution in [-0.2, 0) is 0 Å². The molecule has 1 aromatic carbocycles. The summed E-state index contributed by atoms with van der Waals surface area (Å²) in [5.74, 6) is 1.27. The molecule has 0 aliphatic carbocycles. The molecule has 21 heavy (non-hydrogen) atoms. The molecule has 2 rings (SSSR count). The summed E-state index contributed by atoms with van der Waals surface area (Å²) in [5.41, 5.74) is 1.26. The third-order valence-electron chi connectivity index (χ3n) is 2.69. The second kappa shape index (κ2) is 8.26. The zero-order chi connectivity index (χ0) is 14.9. The van der Waals surface area contributed by atoms with Gasteiger partial charge in [-0.1, -0.05) is 17.7 Å². The summed E-state index contributed by atoms with van der Waals surface area (Å²) in [5, 5.41) is 5.36. The van der Waals surface area contributed by atoms with E-state index in [0.717, 1.165) is 12.2 Å². The number of carbonyl (C=O) groups excluding carboxylic acids is 1. The Hall–Kier alpha value is -2.08. The van der Waals surface area contributed by atoms with Gasteiger partial charge in [-0.25, -0.2) is 14.8 Å². The number of anilines is 1. The molecular weight excluding hydrogens is 284 g/mol. The number of nitrogens with one attached hydrogen (secondary N) is 2. The van der Waals surface area contributed by atoms with Crippen LogP contribution in [0.2, 0.25) is 0 Å². The van der Waals surface area contributed by atoms with Crippen LogP contribution in [0.3, 0.4) is 0 Å². The van der Waals surface area contributed by atoms with E-state index in [1.165, 1.54) is 10.5 Å². The Balaban J connectivity index is 1.59. The van der Waals surface area contributed by atoms with Gasteiger partial charge in [-0.3, -0.25) is 5.32 Å². The van der Waals surface area contributed by atoms with Crippen LogP contribution in [0.25, 0.3) is 0 Å². The first-order valence-corrected chi connectivity index (χ1v) is 7.74. The van der Waals surface area contributed by atoms with Crippen LogP contribution in [-0.4, -0.2) is 28.3 Å². The number of aromatic nitrogens is 2. The molecule has 2 amide bonds. The Morgan fingerprint density at radius 2 is 1.90 bits per heavy atom. The van der Waals surface area contributed by atoms with Gasteiger partial charge in [0.2, 0.25) is 5.95 Å². The quantitative estimate of drug-likeness (QED) is 0.635. The zero-order valence-corrected chi connectivity index (χ0v) is 12.7. The molecule has 1 heterocycles. The predicted octanol–water partition coefficient (Wildman–Crippen LogP) is 3.09. The Labute approximate surface area is 128 Å². The lowest BCUT2D eigenvalue weighted by molar-refractivity contribution is 0.252. The minimum absolute atomic E-state index is 0.276. The van der Waals surface area contributed by atoms with Crippen molar-refractivity contribution in [1.29, 1.82) is 0 Å². The van der Waals surface area contributed by atoms with Crippen LogP contribution in [0.5, 0.6) is 0 Å². The number of benzene rings is 1. The smallest absolute Gasteiger partial charge is 0.321 e. The number of hydrogen-bond donors (Lipinski definition) is 2. The maximum absolute atomic E-state index is 11.6. The minimum atomic E-state index is -0.276. The number of nitrogens with zero attached hydrogens (tertiary/aromatic N) is 2. The standard InChI is InChI=1S/C15H18N4OS/c1-12-4-6-13(7-5-12)21-11-3-10-18-15(20)19-14-16-8-2-9-17-14/h2,4-9H,3,10-11H2,1H3,(H2,16,17,18,19,20). The van der Waals surface area contributed by atoms with E-state index in [9.17, 15) is 4.79 Å². The number of thioether (sulfide) groups is 1. The number of urea groups is 1. The first-order chi connectivity index (χ1) is 10.2. The Kier molecular flexibility index (Phi) is 6.02. The van der Waals surface area contributed by atoms with Crippen LogP contribution >= 0.6 is 11.8 Å². The monoisotopic (exact) mass is 302 g/mol. The average molecular weight is 302 g/mol. The van der Waals surface area contributed by atoms with E-state index >= 15 is 0 Å². The predicted molar refractivity (Wildman–Crippen MR) is 85.6 cm³/mol. The number of amides is 2. The second-order valence-electron chi connectivity index (χ2n) is 4.47. The highest BCUT2D eigenvalue weighted by Gasteiger charge is 2.02. The second-order valence-corrected chi connectivity index (χ2v) is 5.64. The van der Waals surface area contributed by atoms with Crippen LogP contribution in [0.15, 0.2) is 47.6 Å². The van der Waals surface area contributed by atoms with Gasteiger partial charge in [0.1, 0.15) is 0 Å². The van der Waals surface area contributed by atoms with Crippen molar-refractivity contribution in [3.63, 3.8) is 0 Å². The fraction of sp³-hybridized carbons (Fsp3) is 0.267. The molecule has 0 saturated carbocycles. The molecule has 0 aliphatic heterocycles. The van der Waals surface area contributed by atoms with Crippen molar-refractivity contribution in [3.05, 3.63) is 48.3 Å². The van der Waals surface area contributed by atoms with Crippen molar-refractivity contribution in [1.82, 2.24) is 15.3 Å². The summed E-state index contributed by atoms with van der Waals surface area (Å²) in [6, 6.07) is 9.87. The molecule has 2 aromatic rings. The van der Waals surface area contributed by atoms with Crippen LogP contribution in [0.4, 0.5) is 10.7 Å². The third kappa shape index (κ3) is 5.83. The molecule has 2 N–H and O–H groups in total. The highest BCUT2D eigenvalue weighted by atomic mass is 32.2. The van der Waals surface area contributed by atoms with E-state index in [1.54, 1.807) is 30.2 Å². The SMILES string of the molecule is Cc1ccc(SCCCNC(=O)Nc2ncccn2)cc1. The van der Waals surface area contributed by atoms with E-state index in [0.29, 0.717) is 12.5 Å². The van der Waals surface area contributed by atoms with Crippen molar-refractivity contribution in [2.45, 2.75) is 18.2 Å². The van der Waals surface area contributed by atoms with Gasteiger partial charge >= 0.3 is 6.03 Å². The zero-order valence-electron chi connectivity index (χ0n) is 11.9. The highest BCUT2D eigenvalue weighted by molar-refractivity contribution is 7.99. The van der Waals surface area contributed by atoms with Gasteiger partial charge in [0.05, 0.1) is 0 Å². The molecule has 6 heteroatoms. The maximum Gasteiger partial charge on any atom is 0.321 e. The van der Waals surface area contributed by atoms with Crippen molar-refractivity contribution in [3.8, 4) is 0 Å². The molecule has 0 atom stereocenters. The first kappa shape index (κ1) is 15.3. The van der Waals surface area contributed by atoms with Gasteiger partial charge < -0.3 is 5.32 Å². The molecule has 110 valence electrons. The van der Waals surface area contributed by atoms with Gasteiger partial charge in [0.15, 0.2) is 0 Å². The summed E-state index contributed by atoms with van der Waals surface area (Å²) in [6.07, 6.45) is 4.07. The molecule has 0 spiro atoms. The number of rotatable bonds is 6. The van der Waals surface area contributed by atoms with E-state index in [1.807, 2.05) is 0 Å². The summed E-state index contributed by atoms with van der Waals surface area (Å²) < 4.78 is 0. The Bertz CT molecular complexity index is 560. The number of aryl methyl sites for hydroxylation is 1. The lowest BCUT2D eigenvalue weighted by Gasteiger charge is -2.06. The van der Waals surface area contributed by atoms with Crippen LogP contribution in [0.1, 0.15) is 12.0 Å². The van der Waals surface area contributed by atoms with Crippen molar-refractivity contribution in [2.75, 3.05) is 17.6 Å². The molecule has 0 saturated heterocycles. The summed E-state index contributed by atoms with van der Waals surface area (Å²) >= 11 is 1.79. The summed E-state index contributed by atoms with van der Waals surface area (Å²) in [7, 11) is 0. The molecular formula is C15H18N4OS. The topological polar surface area (TPSA) is 66.9 Å². The lowest BCUT2D eigenvalue weighted by atomic mass is 10.2. The van der Waals surface area contributed by atoms with Gasteiger partial charge in [-0.15, -0.1) is 11.8 Å². The van der Waals surface area contributed by atoms with Gasteiger partial charge in [-0.05, 0) is 37.3 Å². The Morgan fingerprint density at radius 1 is 1.19 bits per heavy atom. The van der Waals surface area contributed by atoms with E-state index in [2.05, 4.69) is 51.8 Å². The summed E-state index contributed by atoms with van der Waals surface area (Å²) in [4.78, 5) is 20.7. The summed E-state index contributed by atoms with van der Waals surface area (Å²) in [6.45, 7) is 2.70. The van der Waals surface area contributed by atoms with Crippen molar-refractivity contribution in [2.24, 2.45) is 0 Å². The normalized spacial score (nSPS) is 10.1. The first-order valence-electron chi connectivity index (χ1n) is 6.75. The average Bonchev–Trinajstić information content (AvgIpc) is 2.50.